The van der Waals surface area contributed by atoms with Gasteiger partial charge in [0, 0.05) is 32.9 Å². The summed E-state index contributed by atoms with van der Waals surface area (Å²) in [5, 5.41) is 0.648. The van der Waals surface area contributed by atoms with Crippen LogP contribution in [0.2, 0.25) is 0 Å². The van der Waals surface area contributed by atoms with Gasteiger partial charge in [-0.05, 0) is 53.8 Å². The number of aromatic nitrogens is 2. The predicted octanol–water partition coefficient (Wildman–Crippen LogP) is 2.60. The van der Waals surface area contributed by atoms with Crippen molar-refractivity contribution in [2.45, 2.75) is 36.1 Å². The molecule has 2 heterocycles. The van der Waals surface area contributed by atoms with Crippen LogP contribution in [0, 0.1) is 5.92 Å². The number of rotatable bonds is 6. The lowest BCUT2D eigenvalue weighted by atomic mass is 9.97. The molecule has 0 radical (unpaired) electrons. The number of sulfonamides is 1. The number of halogens is 1. The SMILES string of the molecule is CSc1ncc(Br)c(N2CCC(CN(C)S(=O)(=O)C3CC3)CC2)n1. The molecule has 0 atom stereocenters. The van der Waals surface area contributed by atoms with Gasteiger partial charge in [-0.15, -0.1) is 0 Å². The maximum absolute atomic E-state index is 12.3. The van der Waals surface area contributed by atoms with E-state index in [1.54, 1.807) is 17.5 Å². The van der Waals surface area contributed by atoms with Gasteiger partial charge in [0.2, 0.25) is 10.0 Å². The molecule has 0 aromatic carbocycles. The lowest BCUT2D eigenvalue weighted by Gasteiger charge is -2.34. The van der Waals surface area contributed by atoms with Crippen LogP contribution in [0.15, 0.2) is 15.8 Å². The monoisotopic (exact) mass is 434 g/mol. The molecule has 24 heavy (non-hydrogen) atoms. The normalized spacial score (nSPS) is 19.9. The summed E-state index contributed by atoms with van der Waals surface area (Å²) >= 11 is 5.07. The zero-order valence-electron chi connectivity index (χ0n) is 14.0. The standard InChI is InChI=1S/C15H23BrN4O2S2/c1-19(24(21,22)12-3-4-12)10-11-5-7-20(8-6-11)14-13(16)9-17-15(18-14)23-2/h9,11-12H,3-8,10H2,1-2H3. The van der Waals surface area contributed by atoms with Crippen LogP contribution in [0.4, 0.5) is 5.82 Å². The zero-order valence-corrected chi connectivity index (χ0v) is 17.2. The van der Waals surface area contributed by atoms with E-state index in [0.29, 0.717) is 12.5 Å². The second kappa shape index (κ2) is 7.47. The first-order chi connectivity index (χ1) is 11.4. The van der Waals surface area contributed by atoms with Crippen molar-refractivity contribution in [2.24, 2.45) is 5.92 Å². The number of hydrogen-bond acceptors (Lipinski definition) is 6. The number of thioether (sulfide) groups is 1. The molecule has 0 spiro atoms. The molecule has 2 aliphatic rings. The van der Waals surface area contributed by atoms with E-state index in [0.717, 1.165) is 54.2 Å². The molecule has 1 saturated heterocycles. The molecule has 1 saturated carbocycles. The third kappa shape index (κ3) is 4.05. The third-order valence-electron chi connectivity index (χ3n) is 4.70. The van der Waals surface area contributed by atoms with Gasteiger partial charge in [0.15, 0.2) is 5.16 Å². The van der Waals surface area contributed by atoms with Crippen LogP contribution in [0.1, 0.15) is 25.7 Å². The second-order valence-corrected chi connectivity index (χ2v) is 10.4. The molecule has 0 N–H and O–H groups in total. The first-order valence-electron chi connectivity index (χ1n) is 8.18. The van der Waals surface area contributed by atoms with Crippen molar-refractivity contribution in [3.8, 4) is 0 Å². The highest BCUT2D eigenvalue weighted by Gasteiger charge is 2.39. The van der Waals surface area contributed by atoms with Gasteiger partial charge in [-0.2, -0.15) is 0 Å². The molecule has 2 fully saturated rings. The summed E-state index contributed by atoms with van der Waals surface area (Å²) < 4.78 is 27.0. The molecule has 0 unspecified atom stereocenters. The zero-order chi connectivity index (χ0) is 17.3. The van der Waals surface area contributed by atoms with Crippen molar-refractivity contribution in [3.05, 3.63) is 10.7 Å². The van der Waals surface area contributed by atoms with Crippen molar-refractivity contribution in [1.29, 1.82) is 0 Å². The molecule has 1 aromatic heterocycles. The Labute approximate surface area is 156 Å². The summed E-state index contributed by atoms with van der Waals surface area (Å²) in [5.41, 5.74) is 0. The van der Waals surface area contributed by atoms with Crippen LogP contribution in [0.3, 0.4) is 0 Å². The fourth-order valence-corrected chi connectivity index (χ4v) is 5.51. The largest absolute Gasteiger partial charge is 0.356 e. The van der Waals surface area contributed by atoms with Crippen LogP contribution >= 0.6 is 27.7 Å². The minimum Gasteiger partial charge on any atom is -0.356 e. The van der Waals surface area contributed by atoms with E-state index >= 15 is 0 Å². The predicted molar refractivity (Wildman–Crippen MR) is 101 cm³/mol. The van der Waals surface area contributed by atoms with Crippen molar-refractivity contribution < 1.29 is 8.42 Å². The van der Waals surface area contributed by atoms with Crippen LogP contribution < -0.4 is 4.90 Å². The molecule has 9 heteroatoms. The van der Waals surface area contributed by atoms with Gasteiger partial charge in [0.05, 0.1) is 9.72 Å². The summed E-state index contributed by atoms with van der Waals surface area (Å²) in [6, 6.07) is 0. The van der Waals surface area contributed by atoms with Crippen LogP contribution in [0.25, 0.3) is 0 Å². The van der Waals surface area contributed by atoms with E-state index in [1.165, 1.54) is 11.8 Å². The highest BCUT2D eigenvalue weighted by molar-refractivity contribution is 9.10. The van der Waals surface area contributed by atoms with Gasteiger partial charge in [0.1, 0.15) is 5.82 Å². The van der Waals surface area contributed by atoms with E-state index in [4.69, 9.17) is 0 Å². The first kappa shape index (κ1) is 18.4. The fourth-order valence-electron chi connectivity index (χ4n) is 3.08. The Kier molecular flexibility index (Phi) is 5.73. The molecular weight excluding hydrogens is 412 g/mol. The van der Waals surface area contributed by atoms with Gasteiger partial charge in [-0.1, -0.05) is 11.8 Å². The van der Waals surface area contributed by atoms with E-state index in [1.807, 2.05) is 6.26 Å². The van der Waals surface area contributed by atoms with Gasteiger partial charge in [-0.3, -0.25) is 0 Å². The summed E-state index contributed by atoms with van der Waals surface area (Å²) in [7, 11) is -1.33. The Hall–Kier alpha value is -0.380. The van der Waals surface area contributed by atoms with E-state index in [9.17, 15) is 8.42 Å². The van der Waals surface area contributed by atoms with E-state index in [-0.39, 0.29) is 5.25 Å². The van der Waals surface area contributed by atoms with Crippen LogP contribution in [-0.4, -0.2) is 60.9 Å². The maximum Gasteiger partial charge on any atom is 0.216 e. The van der Waals surface area contributed by atoms with Gasteiger partial charge in [-0.25, -0.2) is 22.7 Å². The third-order valence-corrected chi connectivity index (χ3v) is 8.15. The Morgan fingerprint density at radius 3 is 2.58 bits per heavy atom. The average molecular weight is 435 g/mol. The summed E-state index contributed by atoms with van der Waals surface area (Å²) in [4.78, 5) is 11.1. The minimum absolute atomic E-state index is 0.121. The average Bonchev–Trinajstić information content (AvgIpc) is 3.41. The summed E-state index contributed by atoms with van der Waals surface area (Å²) in [6.07, 6.45) is 7.38. The van der Waals surface area contributed by atoms with Crippen molar-refractivity contribution >= 4 is 43.5 Å². The quantitative estimate of drug-likeness (QED) is 0.506. The molecular formula is C15H23BrN4O2S2. The van der Waals surface area contributed by atoms with Gasteiger partial charge >= 0.3 is 0 Å². The Morgan fingerprint density at radius 2 is 2.00 bits per heavy atom. The Morgan fingerprint density at radius 1 is 1.33 bits per heavy atom. The van der Waals surface area contributed by atoms with Crippen molar-refractivity contribution in [3.63, 3.8) is 0 Å². The highest BCUT2D eigenvalue weighted by Crippen LogP contribution is 2.32. The molecule has 134 valence electrons. The smallest absolute Gasteiger partial charge is 0.216 e. The maximum atomic E-state index is 12.3. The number of hydrogen-bond donors (Lipinski definition) is 0. The molecule has 3 rings (SSSR count). The molecule has 6 nitrogen and oxygen atoms in total. The summed E-state index contributed by atoms with van der Waals surface area (Å²) in [5.74, 6) is 1.35. The van der Waals surface area contributed by atoms with Crippen molar-refractivity contribution in [1.82, 2.24) is 14.3 Å². The summed E-state index contributed by atoms with van der Waals surface area (Å²) in [6.45, 7) is 2.42. The molecule has 1 aliphatic heterocycles. The molecule has 0 bridgehead atoms. The van der Waals surface area contributed by atoms with Crippen LogP contribution in [-0.2, 0) is 10.0 Å². The molecule has 1 aromatic rings. The van der Waals surface area contributed by atoms with Crippen LogP contribution in [0.5, 0.6) is 0 Å². The number of nitrogens with zero attached hydrogens (tertiary/aromatic N) is 4. The minimum atomic E-state index is -3.06. The topological polar surface area (TPSA) is 66.4 Å². The lowest BCUT2D eigenvalue weighted by Crippen LogP contribution is -2.40. The Bertz CT molecular complexity index is 689. The number of piperidine rings is 1. The number of anilines is 1. The van der Waals surface area contributed by atoms with Gasteiger partial charge in [0.25, 0.3) is 0 Å². The van der Waals surface area contributed by atoms with Gasteiger partial charge < -0.3 is 4.90 Å². The van der Waals surface area contributed by atoms with Crippen molar-refractivity contribution in [2.75, 3.05) is 37.8 Å². The first-order valence-corrected chi connectivity index (χ1v) is 11.7. The highest BCUT2D eigenvalue weighted by atomic mass is 79.9. The Balaban J connectivity index is 1.58. The second-order valence-electron chi connectivity index (χ2n) is 6.48. The van der Waals surface area contributed by atoms with E-state index in [2.05, 4.69) is 30.8 Å². The fraction of sp³-hybridized carbons (Fsp3) is 0.733. The molecule has 0 amide bonds. The molecule has 1 aliphatic carbocycles. The lowest BCUT2D eigenvalue weighted by molar-refractivity contribution is 0.327. The van der Waals surface area contributed by atoms with E-state index < -0.39 is 10.0 Å².